The molecule has 0 aliphatic rings. The van der Waals surface area contributed by atoms with Gasteiger partial charge >= 0.3 is 0 Å². The number of carbonyl (C=O) groups is 1. The molecule has 5 nitrogen and oxygen atoms in total. The van der Waals surface area contributed by atoms with Gasteiger partial charge in [-0.1, -0.05) is 6.07 Å². The van der Waals surface area contributed by atoms with Crippen molar-refractivity contribution in [1.29, 1.82) is 0 Å². The van der Waals surface area contributed by atoms with E-state index >= 15 is 0 Å². The minimum Gasteiger partial charge on any atom is -0.352 e. The third kappa shape index (κ3) is 5.17. The van der Waals surface area contributed by atoms with Crippen LogP contribution in [-0.2, 0) is 0 Å². The molecule has 0 aliphatic heterocycles. The molecule has 1 amide bonds. The lowest BCUT2D eigenvalue weighted by molar-refractivity contribution is 0.0952. The molecule has 1 aromatic carbocycles. The van der Waals surface area contributed by atoms with Crippen molar-refractivity contribution in [3.8, 4) is 0 Å². The van der Waals surface area contributed by atoms with Gasteiger partial charge in [0.2, 0.25) is 0 Å². The van der Waals surface area contributed by atoms with Gasteiger partial charge in [-0.15, -0.1) is 11.3 Å². The van der Waals surface area contributed by atoms with E-state index in [-0.39, 0.29) is 5.91 Å². The predicted molar refractivity (Wildman–Crippen MR) is 87.3 cm³/mol. The fourth-order valence-corrected chi connectivity index (χ4v) is 2.40. The van der Waals surface area contributed by atoms with Crippen LogP contribution in [-0.4, -0.2) is 43.0 Å². The number of nitrogens with one attached hydrogen (secondary N) is 2. The summed E-state index contributed by atoms with van der Waals surface area (Å²) >= 11 is 1.52. The minimum atomic E-state index is -0.0449. The van der Waals surface area contributed by atoms with E-state index < -0.39 is 0 Å². The first-order valence-electron chi connectivity index (χ1n) is 6.84. The molecule has 0 saturated heterocycles. The Morgan fingerprint density at radius 2 is 2.24 bits per heavy atom. The van der Waals surface area contributed by atoms with E-state index in [0.717, 1.165) is 23.8 Å². The van der Waals surface area contributed by atoms with Crippen LogP contribution in [0.2, 0.25) is 0 Å². The van der Waals surface area contributed by atoms with Crippen molar-refractivity contribution in [1.82, 2.24) is 15.2 Å². The Balaban J connectivity index is 1.89. The number of thiazole rings is 1. The Labute approximate surface area is 129 Å². The summed E-state index contributed by atoms with van der Waals surface area (Å²) in [5.41, 5.74) is 1.52. The molecule has 0 saturated carbocycles. The molecule has 112 valence electrons. The molecule has 21 heavy (non-hydrogen) atoms. The van der Waals surface area contributed by atoms with Gasteiger partial charge in [-0.2, -0.15) is 0 Å². The van der Waals surface area contributed by atoms with Gasteiger partial charge in [-0.05, 0) is 45.3 Å². The quantitative estimate of drug-likeness (QED) is 0.772. The second-order valence-corrected chi connectivity index (χ2v) is 5.85. The number of carbonyl (C=O) groups excluding carboxylic acids is 1. The highest BCUT2D eigenvalue weighted by Gasteiger charge is 2.06. The van der Waals surface area contributed by atoms with Crippen molar-refractivity contribution in [2.45, 2.75) is 6.42 Å². The van der Waals surface area contributed by atoms with Crippen LogP contribution in [0.5, 0.6) is 0 Å². The Morgan fingerprint density at radius 1 is 1.38 bits per heavy atom. The van der Waals surface area contributed by atoms with Gasteiger partial charge in [-0.3, -0.25) is 4.79 Å². The molecule has 2 aromatic rings. The number of rotatable bonds is 7. The maximum atomic E-state index is 12.1. The van der Waals surface area contributed by atoms with Crippen LogP contribution in [0.15, 0.2) is 35.8 Å². The van der Waals surface area contributed by atoms with Crippen molar-refractivity contribution < 1.29 is 4.79 Å². The molecule has 1 aromatic heterocycles. The normalized spacial score (nSPS) is 10.6. The van der Waals surface area contributed by atoms with Crippen molar-refractivity contribution in [3.63, 3.8) is 0 Å². The van der Waals surface area contributed by atoms with Crippen LogP contribution in [0.4, 0.5) is 10.8 Å². The largest absolute Gasteiger partial charge is 0.352 e. The summed E-state index contributed by atoms with van der Waals surface area (Å²) in [4.78, 5) is 18.3. The average Bonchev–Trinajstić information content (AvgIpc) is 2.96. The zero-order chi connectivity index (χ0) is 15.1. The summed E-state index contributed by atoms with van der Waals surface area (Å²) in [5.74, 6) is -0.0449. The summed E-state index contributed by atoms with van der Waals surface area (Å²) in [6.45, 7) is 1.65. The smallest absolute Gasteiger partial charge is 0.251 e. The predicted octanol–water partition coefficient (Wildman–Crippen LogP) is 2.57. The van der Waals surface area contributed by atoms with E-state index in [4.69, 9.17) is 0 Å². The fraction of sp³-hybridized carbons (Fsp3) is 0.333. The second kappa shape index (κ2) is 7.75. The molecule has 2 rings (SSSR count). The molecular formula is C15H20N4OS. The summed E-state index contributed by atoms with van der Waals surface area (Å²) in [6, 6.07) is 7.44. The van der Waals surface area contributed by atoms with Crippen LogP contribution in [0.3, 0.4) is 0 Å². The van der Waals surface area contributed by atoms with Gasteiger partial charge in [0.25, 0.3) is 5.91 Å². The molecule has 0 aliphatic carbocycles. The first-order chi connectivity index (χ1) is 10.1. The van der Waals surface area contributed by atoms with E-state index in [1.165, 1.54) is 11.3 Å². The third-order valence-electron chi connectivity index (χ3n) is 2.88. The Bertz CT molecular complexity index is 569. The Kier molecular flexibility index (Phi) is 5.71. The molecule has 0 unspecified atom stereocenters. The highest BCUT2D eigenvalue weighted by Crippen LogP contribution is 2.19. The molecule has 1 heterocycles. The van der Waals surface area contributed by atoms with Crippen LogP contribution >= 0.6 is 11.3 Å². The maximum Gasteiger partial charge on any atom is 0.251 e. The lowest BCUT2D eigenvalue weighted by atomic mass is 10.2. The molecular weight excluding hydrogens is 284 g/mol. The highest BCUT2D eigenvalue weighted by atomic mass is 32.1. The number of benzene rings is 1. The molecule has 0 fully saturated rings. The second-order valence-electron chi connectivity index (χ2n) is 4.96. The van der Waals surface area contributed by atoms with Gasteiger partial charge in [0, 0.05) is 29.4 Å². The van der Waals surface area contributed by atoms with Crippen molar-refractivity contribution in [3.05, 3.63) is 41.4 Å². The fourth-order valence-electron chi connectivity index (χ4n) is 1.85. The van der Waals surface area contributed by atoms with Gasteiger partial charge < -0.3 is 15.5 Å². The van der Waals surface area contributed by atoms with E-state index in [1.807, 2.05) is 43.7 Å². The molecule has 6 heteroatoms. The minimum absolute atomic E-state index is 0.0449. The summed E-state index contributed by atoms with van der Waals surface area (Å²) in [7, 11) is 4.05. The summed E-state index contributed by atoms with van der Waals surface area (Å²) in [5, 5.41) is 8.84. The van der Waals surface area contributed by atoms with Crippen LogP contribution in [0, 0.1) is 0 Å². The van der Waals surface area contributed by atoms with Crippen molar-refractivity contribution in [2.75, 3.05) is 32.5 Å². The topological polar surface area (TPSA) is 57.3 Å². The van der Waals surface area contributed by atoms with Crippen molar-refractivity contribution in [2.24, 2.45) is 0 Å². The lowest BCUT2D eigenvalue weighted by Crippen LogP contribution is -2.27. The average molecular weight is 304 g/mol. The first kappa shape index (κ1) is 15.5. The van der Waals surface area contributed by atoms with E-state index in [9.17, 15) is 4.79 Å². The Hall–Kier alpha value is -1.92. The SMILES string of the molecule is CN(C)CCCNC(=O)c1cccc(Nc2nccs2)c1. The number of hydrogen-bond acceptors (Lipinski definition) is 5. The Morgan fingerprint density at radius 3 is 2.95 bits per heavy atom. The van der Waals surface area contributed by atoms with Gasteiger partial charge in [-0.25, -0.2) is 4.98 Å². The monoisotopic (exact) mass is 304 g/mol. The number of nitrogens with zero attached hydrogens (tertiary/aromatic N) is 2. The molecule has 2 N–H and O–H groups in total. The first-order valence-corrected chi connectivity index (χ1v) is 7.72. The number of aromatic nitrogens is 1. The molecule has 0 spiro atoms. The van der Waals surface area contributed by atoms with E-state index in [1.54, 1.807) is 6.20 Å². The third-order valence-corrected chi connectivity index (χ3v) is 3.56. The van der Waals surface area contributed by atoms with Crippen LogP contribution in [0.1, 0.15) is 16.8 Å². The highest BCUT2D eigenvalue weighted by molar-refractivity contribution is 7.13. The number of hydrogen-bond donors (Lipinski definition) is 2. The standard InChI is InChI=1S/C15H20N4OS/c1-19(2)9-4-7-16-14(20)12-5-3-6-13(11-12)18-15-17-8-10-21-15/h3,5-6,8,10-11H,4,7,9H2,1-2H3,(H,16,20)(H,17,18). The number of amides is 1. The van der Waals surface area contributed by atoms with Gasteiger partial charge in [0.1, 0.15) is 0 Å². The zero-order valence-electron chi connectivity index (χ0n) is 12.3. The molecule has 0 bridgehead atoms. The van der Waals surface area contributed by atoms with Crippen LogP contribution in [0.25, 0.3) is 0 Å². The van der Waals surface area contributed by atoms with Gasteiger partial charge in [0.05, 0.1) is 0 Å². The lowest BCUT2D eigenvalue weighted by Gasteiger charge is -2.10. The molecule has 0 atom stereocenters. The maximum absolute atomic E-state index is 12.1. The van der Waals surface area contributed by atoms with E-state index in [2.05, 4.69) is 20.5 Å². The van der Waals surface area contributed by atoms with Crippen molar-refractivity contribution >= 4 is 28.1 Å². The zero-order valence-corrected chi connectivity index (χ0v) is 13.1. The molecule has 0 radical (unpaired) electrons. The summed E-state index contributed by atoms with van der Waals surface area (Å²) < 4.78 is 0. The summed E-state index contributed by atoms with van der Waals surface area (Å²) in [6.07, 6.45) is 2.68. The number of anilines is 2. The van der Waals surface area contributed by atoms with Gasteiger partial charge in [0.15, 0.2) is 5.13 Å². The van der Waals surface area contributed by atoms with E-state index in [0.29, 0.717) is 12.1 Å². The van der Waals surface area contributed by atoms with Crippen LogP contribution < -0.4 is 10.6 Å².